The van der Waals surface area contributed by atoms with Gasteiger partial charge in [0.05, 0.1) is 23.9 Å². The Morgan fingerprint density at radius 3 is 2.55 bits per heavy atom. The number of esters is 1. The number of hydrogen-bond donors (Lipinski definition) is 1. The number of methoxy groups -OCH3 is 1. The Bertz CT molecular complexity index is 1190. The van der Waals surface area contributed by atoms with E-state index >= 15 is 0 Å². The van der Waals surface area contributed by atoms with Gasteiger partial charge in [-0.05, 0) is 54.6 Å². The topological polar surface area (TPSA) is 86.2 Å². The smallest absolute Gasteiger partial charge is 0.343 e. The van der Waals surface area contributed by atoms with Gasteiger partial charge in [0.25, 0.3) is 5.91 Å². The second-order valence-corrected chi connectivity index (χ2v) is 8.13. The summed E-state index contributed by atoms with van der Waals surface area (Å²) >= 11 is 15.3. The van der Waals surface area contributed by atoms with Crippen molar-refractivity contribution >= 4 is 57.2 Å². The van der Waals surface area contributed by atoms with E-state index in [-0.39, 0.29) is 23.1 Å². The normalized spacial score (nSPS) is 10.7. The van der Waals surface area contributed by atoms with Gasteiger partial charge in [-0.1, -0.05) is 45.2 Å². The number of nitrogens with zero attached hydrogens (tertiary/aromatic N) is 1. The van der Waals surface area contributed by atoms with Gasteiger partial charge >= 0.3 is 5.97 Å². The average molecular weight is 552 g/mol. The summed E-state index contributed by atoms with van der Waals surface area (Å²) in [6, 6.07) is 16.4. The van der Waals surface area contributed by atoms with E-state index in [0.29, 0.717) is 21.9 Å². The molecule has 0 aliphatic carbocycles. The van der Waals surface area contributed by atoms with Crippen molar-refractivity contribution in [3.63, 3.8) is 0 Å². The molecule has 0 aliphatic rings. The third kappa shape index (κ3) is 6.95. The lowest BCUT2D eigenvalue weighted by Gasteiger charge is -2.09. The molecule has 0 radical (unpaired) electrons. The molecule has 1 N–H and O–H groups in total. The summed E-state index contributed by atoms with van der Waals surface area (Å²) in [5.41, 5.74) is 3.16. The van der Waals surface area contributed by atoms with Gasteiger partial charge < -0.3 is 14.2 Å². The van der Waals surface area contributed by atoms with Crippen LogP contribution in [0, 0.1) is 0 Å². The van der Waals surface area contributed by atoms with Crippen LogP contribution >= 0.6 is 39.1 Å². The van der Waals surface area contributed by atoms with Crippen molar-refractivity contribution in [2.45, 2.75) is 0 Å². The molecule has 0 fully saturated rings. The monoisotopic (exact) mass is 550 g/mol. The first-order valence-electron chi connectivity index (χ1n) is 9.42. The Morgan fingerprint density at radius 1 is 1.06 bits per heavy atom. The van der Waals surface area contributed by atoms with Crippen molar-refractivity contribution < 1.29 is 23.8 Å². The number of amides is 1. The maximum atomic E-state index is 12.5. The van der Waals surface area contributed by atoms with Crippen LogP contribution in [0.5, 0.6) is 17.2 Å². The fraction of sp³-hybridized carbons (Fsp3) is 0.0870. The van der Waals surface area contributed by atoms with Crippen LogP contribution in [0.15, 0.2) is 70.2 Å². The van der Waals surface area contributed by atoms with Crippen molar-refractivity contribution in [2.75, 3.05) is 13.7 Å². The molecule has 0 unspecified atom stereocenters. The molecule has 0 atom stereocenters. The summed E-state index contributed by atoms with van der Waals surface area (Å²) in [7, 11) is 1.54. The number of halogens is 3. The quantitative estimate of drug-likeness (QED) is 0.172. The molecule has 33 heavy (non-hydrogen) atoms. The fourth-order valence-electron chi connectivity index (χ4n) is 2.54. The number of carbonyl (C=O) groups excluding carboxylic acids is 2. The molecule has 170 valence electrons. The molecule has 0 bridgehead atoms. The van der Waals surface area contributed by atoms with Crippen molar-refractivity contribution in [2.24, 2.45) is 5.10 Å². The molecule has 0 aliphatic heterocycles. The molecule has 3 aromatic rings. The van der Waals surface area contributed by atoms with Crippen molar-refractivity contribution in [1.82, 2.24) is 5.43 Å². The maximum Gasteiger partial charge on any atom is 0.343 e. The minimum Gasteiger partial charge on any atom is -0.497 e. The van der Waals surface area contributed by atoms with Crippen LogP contribution in [-0.4, -0.2) is 31.8 Å². The molecular weight excluding hydrogens is 535 g/mol. The summed E-state index contributed by atoms with van der Waals surface area (Å²) in [5, 5.41) is 4.44. The van der Waals surface area contributed by atoms with E-state index in [4.69, 9.17) is 37.4 Å². The number of hydrogen-bond acceptors (Lipinski definition) is 6. The van der Waals surface area contributed by atoms with Crippen LogP contribution in [0.3, 0.4) is 0 Å². The highest BCUT2D eigenvalue weighted by Crippen LogP contribution is 2.31. The van der Waals surface area contributed by atoms with Crippen LogP contribution in [0.25, 0.3) is 0 Å². The summed E-state index contributed by atoms with van der Waals surface area (Å²) < 4.78 is 16.7. The summed E-state index contributed by atoms with van der Waals surface area (Å²) in [5.74, 6) is 0.0990. The van der Waals surface area contributed by atoms with E-state index in [1.165, 1.54) is 13.3 Å². The maximum absolute atomic E-state index is 12.5. The van der Waals surface area contributed by atoms with Gasteiger partial charge in [0, 0.05) is 10.0 Å². The van der Waals surface area contributed by atoms with Crippen LogP contribution in [0.4, 0.5) is 0 Å². The highest BCUT2D eigenvalue weighted by Gasteiger charge is 2.12. The Hall–Kier alpha value is -3.07. The molecule has 0 heterocycles. The van der Waals surface area contributed by atoms with E-state index in [1.807, 2.05) is 0 Å². The van der Waals surface area contributed by atoms with Crippen LogP contribution < -0.4 is 19.6 Å². The predicted octanol–water partition coefficient (Wildman–Crippen LogP) is 5.51. The first kappa shape index (κ1) is 24.6. The number of carbonyl (C=O) groups is 2. The van der Waals surface area contributed by atoms with E-state index in [0.717, 1.165) is 4.47 Å². The third-order valence-corrected chi connectivity index (χ3v) is 5.46. The number of rotatable bonds is 8. The minimum absolute atomic E-state index is 0.216. The molecular formula is C23H17BrCl2N2O5. The second kappa shape index (κ2) is 11.7. The minimum atomic E-state index is -0.550. The Morgan fingerprint density at radius 2 is 1.82 bits per heavy atom. The largest absolute Gasteiger partial charge is 0.497 e. The fourth-order valence-corrected chi connectivity index (χ4v) is 3.27. The molecule has 0 aromatic heterocycles. The van der Waals surface area contributed by atoms with Gasteiger partial charge in [-0.3, -0.25) is 4.79 Å². The Kier molecular flexibility index (Phi) is 8.71. The number of benzene rings is 3. The lowest BCUT2D eigenvalue weighted by molar-refractivity contribution is -0.123. The van der Waals surface area contributed by atoms with Gasteiger partial charge in [-0.2, -0.15) is 5.10 Å². The van der Waals surface area contributed by atoms with Gasteiger partial charge in [0.2, 0.25) is 0 Å². The van der Waals surface area contributed by atoms with Crippen molar-refractivity contribution in [3.05, 3.63) is 86.3 Å². The highest BCUT2D eigenvalue weighted by atomic mass is 79.9. The predicted molar refractivity (Wildman–Crippen MR) is 130 cm³/mol. The number of nitrogens with one attached hydrogen (secondary N) is 1. The molecule has 1 amide bonds. The van der Waals surface area contributed by atoms with Crippen LogP contribution in [0.2, 0.25) is 10.0 Å². The lowest BCUT2D eigenvalue weighted by atomic mass is 10.2. The van der Waals surface area contributed by atoms with Gasteiger partial charge in [-0.25, -0.2) is 10.2 Å². The molecule has 3 rings (SSSR count). The number of hydrazone groups is 1. The van der Waals surface area contributed by atoms with Crippen molar-refractivity contribution in [3.8, 4) is 17.2 Å². The Labute approximate surface area is 208 Å². The Balaban J connectivity index is 1.62. The van der Waals surface area contributed by atoms with E-state index in [1.54, 1.807) is 60.7 Å². The summed E-state index contributed by atoms with van der Waals surface area (Å²) in [6.45, 7) is -0.324. The van der Waals surface area contributed by atoms with Crippen LogP contribution in [-0.2, 0) is 4.79 Å². The third-order valence-electron chi connectivity index (χ3n) is 4.17. The molecule has 10 heteroatoms. The molecule has 0 saturated heterocycles. The zero-order chi connectivity index (χ0) is 23.8. The SMILES string of the molecule is COc1ccc(C(=O)Oc2ccc(Br)cc2/C=N/NC(=O)COc2cccc(Cl)c2Cl)cc1. The van der Waals surface area contributed by atoms with Gasteiger partial charge in [0.1, 0.15) is 22.3 Å². The number of ether oxygens (including phenoxy) is 3. The molecule has 0 saturated carbocycles. The first-order valence-corrected chi connectivity index (χ1v) is 11.0. The van der Waals surface area contributed by atoms with E-state index in [9.17, 15) is 9.59 Å². The van der Waals surface area contributed by atoms with Crippen molar-refractivity contribution in [1.29, 1.82) is 0 Å². The summed E-state index contributed by atoms with van der Waals surface area (Å²) in [4.78, 5) is 24.5. The van der Waals surface area contributed by atoms with Crippen LogP contribution in [0.1, 0.15) is 15.9 Å². The average Bonchev–Trinajstić information content (AvgIpc) is 2.81. The standard InChI is InChI=1S/C23H17BrCl2N2O5/c1-31-17-8-5-14(6-9-17)23(30)33-19-10-7-16(24)11-15(19)12-27-28-21(29)13-32-20-4-2-3-18(25)22(20)26/h2-12H,13H2,1H3,(H,28,29)/b27-12+. The summed E-state index contributed by atoms with van der Waals surface area (Å²) in [6.07, 6.45) is 1.35. The first-order chi connectivity index (χ1) is 15.9. The molecule has 7 nitrogen and oxygen atoms in total. The van der Waals surface area contributed by atoms with E-state index in [2.05, 4.69) is 26.5 Å². The van der Waals surface area contributed by atoms with Gasteiger partial charge in [0.15, 0.2) is 6.61 Å². The zero-order valence-electron chi connectivity index (χ0n) is 17.2. The van der Waals surface area contributed by atoms with E-state index < -0.39 is 11.9 Å². The zero-order valence-corrected chi connectivity index (χ0v) is 20.3. The molecule has 0 spiro atoms. The second-order valence-electron chi connectivity index (χ2n) is 6.43. The van der Waals surface area contributed by atoms with Gasteiger partial charge in [-0.15, -0.1) is 0 Å². The highest BCUT2D eigenvalue weighted by molar-refractivity contribution is 9.10. The lowest BCUT2D eigenvalue weighted by Crippen LogP contribution is -2.24. The molecule has 3 aromatic carbocycles.